The van der Waals surface area contributed by atoms with E-state index in [2.05, 4.69) is 4.98 Å². The number of rotatable bonds is 3. The van der Waals surface area contributed by atoms with E-state index in [-0.39, 0.29) is 17.5 Å². The lowest BCUT2D eigenvalue weighted by molar-refractivity contribution is 0.0236. The Morgan fingerprint density at radius 2 is 1.91 bits per heavy atom. The maximum Gasteiger partial charge on any atom is 0.410 e. The fourth-order valence-electron chi connectivity index (χ4n) is 2.38. The van der Waals surface area contributed by atoms with Crippen molar-refractivity contribution in [2.75, 3.05) is 5.75 Å². The van der Waals surface area contributed by atoms with E-state index in [4.69, 9.17) is 4.74 Å². The van der Waals surface area contributed by atoms with Gasteiger partial charge < -0.3 is 9.30 Å². The van der Waals surface area contributed by atoms with Gasteiger partial charge in [-0.15, -0.1) is 0 Å². The summed E-state index contributed by atoms with van der Waals surface area (Å²) in [4.78, 5) is 17.9. The number of carbonyl (C=O) groups excluding carboxylic acids is 1. The molecule has 0 aliphatic carbocycles. The normalized spacial score (nSPS) is 15.0. The molecule has 8 heteroatoms. The van der Waals surface area contributed by atoms with Crippen LogP contribution in [-0.2, 0) is 34.2 Å². The molecule has 0 fully saturated rings. The molecule has 0 saturated carbocycles. The van der Waals surface area contributed by atoms with Crippen LogP contribution in [0.1, 0.15) is 46.0 Å². The number of hydrogen-bond acceptors (Lipinski definition) is 5. The minimum Gasteiger partial charge on any atom is -0.444 e. The Hall–Kier alpha value is -1.57. The maximum absolute atomic E-state index is 12.1. The van der Waals surface area contributed by atoms with E-state index in [1.54, 1.807) is 11.5 Å². The van der Waals surface area contributed by atoms with Gasteiger partial charge in [0.1, 0.15) is 5.60 Å². The lowest BCUT2D eigenvalue weighted by Gasteiger charge is -2.24. The van der Waals surface area contributed by atoms with Crippen LogP contribution in [0.4, 0.5) is 4.79 Å². The fraction of sp³-hybridized carbons (Fsp3) is 0.714. The molecular formula is C14H23N3O4S. The molecule has 0 bridgehead atoms. The van der Waals surface area contributed by atoms with Gasteiger partial charge in [0.15, 0.2) is 0 Å². The van der Waals surface area contributed by atoms with Crippen molar-refractivity contribution in [3.05, 3.63) is 11.4 Å². The molecule has 1 amide bonds. The molecule has 0 spiro atoms. The summed E-state index contributed by atoms with van der Waals surface area (Å²) in [6, 6.07) is 0. The molecule has 1 aliphatic rings. The third-order valence-electron chi connectivity index (χ3n) is 3.43. The predicted molar refractivity (Wildman–Crippen MR) is 81.1 cm³/mol. The highest BCUT2D eigenvalue weighted by Gasteiger charge is 2.34. The van der Waals surface area contributed by atoms with Crippen LogP contribution >= 0.6 is 0 Å². The van der Waals surface area contributed by atoms with Crippen LogP contribution in [0.5, 0.6) is 0 Å². The third-order valence-corrected chi connectivity index (χ3v) is 5.06. The summed E-state index contributed by atoms with van der Waals surface area (Å²) in [5, 5.41) is 0.103. The third kappa shape index (κ3) is 3.11. The van der Waals surface area contributed by atoms with Gasteiger partial charge >= 0.3 is 6.09 Å². The summed E-state index contributed by atoms with van der Waals surface area (Å²) in [6.45, 7) is 10.0. The minimum absolute atomic E-state index is 0.0126. The van der Waals surface area contributed by atoms with Gasteiger partial charge in [0, 0.05) is 6.54 Å². The predicted octanol–water partition coefficient (Wildman–Crippen LogP) is 1.95. The second kappa shape index (κ2) is 5.57. The lowest BCUT2D eigenvalue weighted by Crippen LogP contribution is -2.34. The summed E-state index contributed by atoms with van der Waals surface area (Å²) in [5.41, 5.74) is 0.856. The van der Waals surface area contributed by atoms with Gasteiger partial charge in [0.25, 0.3) is 0 Å². The quantitative estimate of drug-likeness (QED) is 0.846. The van der Waals surface area contributed by atoms with Crippen molar-refractivity contribution in [2.24, 2.45) is 0 Å². The number of ether oxygens (including phenoxy) is 1. The average Bonchev–Trinajstić information content (AvgIpc) is 2.93. The second-order valence-corrected chi connectivity index (χ2v) is 8.44. The van der Waals surface area contributed by atoms with Gasteiger partial charge in [0.05, 0.1) is 30.2 Å². The SMILES string of the molecule is CCn1c(S(=O)(=O)CC)nc2c1CN(C(=O)OC(C)(C)C)C2. The van der Waals surface area contributed by atoms with Gasteiger partial charge in [-0.25, -0.2) is 18.2 Å². The van der Waals surface area contributed by atoms with E-state index in [0.717, 1.165) is 5.69 Å². The minimum atomic E-state index is -3.37. The topological polar surface area (TPSA) is 81.5 Å². The lowest BCUT2D eigenvalue weighted by atomic mass is 10.2. The van der Waals surface area contributed by atoms with Crippen LogP contribution in [-0.4, -0.2) is 40.3 Å². The zero-order valence-corrected chi connectivity index (χ0v) is 14.5. The summed E-state index contributed by atoms with van der Waals surface area (Å²) in [5.74, 6) is 0.0126. The molecule has 0 unspecified atom stereocenters. The van der Waals surface area contributed by atoms with E-state index in [1.165, 1.54) is 4.90 Å². The van der Waals surface area contributed by atoms with Crippen LogP contribution in [0.25, 0.3) is 0 Å². The van der Waals surface area contributed by atoms with Gasteiger partial charge in [-0.3, -0.25) is 4.90 Å². The highest BCUT2D eigenvalue weighted by atomic mass is 32.2. The Morgan fingerprint density at radius 1 is 1.27 bits per heavy atom. The Labute approximate surface area is 131 Å². The number of amides is 1. The van der Waals surface area contributed by atoms with Crippen molar-refractivity contribution in [3.8, 4) is 0 Å². The van der Waals surface area contributed by atoms with Crippen molar-refractivity contribution < 1.29 is 17.9 Å². The number of imidazole rings is 1. The van der Waals surface area contributed by atoms with E-state index >= 15 is 0 Å². The number of hydrogen-bond donors (Lipinski definition) is 0. The summed E-state index contributed by atoms with van der Waals surface area (Å²) < 4.78 is 31.2. The highest BCUT2D eigenvalue weighted by molar-refractivity contribution is 7.91. The molecule has 7 nitrogen and oxygen atoms in total. The Balaban J connectivity index is 2.27. The molecule has 0 aromatic carbocycles. The first kappa shape index (κ1) is 16.8. The molecule has 1 aliphatic heterocycles. The van der Waals surface area contributed by atoms with Crippen LogP contribution in [0.15, 0.2) is 5.16 Å². The molecule has 22 heavy (non-hydrogen) atoms. The van der Waals surface area contributed by atoms with Crippen LogP contribution in [0, 0.1) is 0 Å². The zero-order valence-electron chi connectivity index (χ0n) is 13.7. The summed E-state index contributed by atoms with van der Waals surface area (Å²) in [6.07, 6.45) is -0.409. The zero-order chi connectivity index (χ0) is 16.7. The van der Waals surface area contributed by atoms with Crippen LogP contribution in [0.3, 0.4) is 0 Å². The first-order chi connectivity index (χ1) is 10.1. The summed E-state index contributed by atoms with van der Waals surface area (Å²) >= 11 is 0. The van der Waals surface area contributed by atoms with E-state index in [9.17, 15) is 13.2 Å². The van der Waals surface area contributed by atoms with Gasteiger partial charge in [0.2, 0.25) is 15.0 Å². The number of nitrogens with zero attached hydrogens (tertiary/aromatic N) is 3. The van der Waals surface area contributed by atoms with Crippen molar-refractivity contribution in [1.29, 1.82) is 0 Å². The Bertz CT molecular complexity index is 686. The molecule has 2 heterocycles. The molecular weight excluding hydrogens is 306 g/mol. The van der Waals surface area contributed by atoms with E-state index in [1.807, 2.05) is 27.7 Å². The van der Waals surface area contributed by atoms with Crippen molar-refractivity contribution in [2.45, 2.75) is 65.0 Å². The van der Waals surface area contributed by atoms with Gasteiger partial charge in [-0.2, -0.15) is 0 Å². The Morgan fingerprint density at radius 3 is 2.41 bits per heavy atom. The Kier molecular flexibility index (Phi) is 4.25. The van der Waals surface area contributed by atoms with Crippen LogP contribution in [0.2, 0.25) is 0 Å². The van der Waals surface area contributed by atoms with Crippen LogP contribution < -0.4 is 0 Å². The largest absolute Gasteiger partial charge is 0.444 e. The molecule has 2 rings (SSSR count). The smallest absolute Gasteiger partial charge is 0.410 e. The first-order valence-corrected chi connectivity index (χ1v) is 9.03. The average molecular weight is 329 g/mol. The first-order valence-electron chi connectivity index (χ1n) is 7.38. The molecule has 1 aromatic heterocycles. The molecule has 0 radical (unpaired) electrons. The van der Waals surface area contributed by atoms with Gasteiger partial charge in [-0.05, 0) is 27.7 Å². The second-order valence-electron chi connectivity index (χ2n) is 6.27. The molecule has 124 valence electrons. The number of carbonyl (C=O) groups is 1. The summed E-state index contributed by atoms with van der Waals surface area (Å²) in [7, 11) is -3.37. The molecule has 0 N–H and O–H groups in total. The highest BCUT2D eigenvalue weighted by Crippen LogP contribution is 2.27. The number of aromatic nitrogens is 2. The molecule has 1 aromatic rings. The van der Waals surface area contributed by atoms with Crippen molar-refractivity contribution >= 4 is 15.9 Å². The maximum atomic E-state index is 12.1. The fourth-order valence-corrected chi connectivity index (χ4v) is 3.46. The van der Waals surface area contributed by atoms with E-state index < -0.39 is 21.5 Å². The number of fused-ring (bicyclic) bond motifs is 1. The monoisotopic (exact) mass is 329 g/mol. The van der Waals surface area contributed by atoms with E-state index in [0.29, 0.717) is 18.8 Å². The molecule has 0 saturated heterocycles. The number of sulfone groups is 1. The van der Waals surface area contributed by atoms with Crippen molar-refractivity contribution in [1.82, 2.24) is 14.5 Å². The standard InChI is InChI=1S/C14H23N3O4S/c1-6-17-11-9-16(13(18)21-14(3,4)5)8-10(11)15-12(17)22(19,20)7-2/h6-9H2,1-5H3. The van der Waals surface area contributed by atoms with Gasteiger partial charge in [-0.1, -0.05) is 6.92 Å². The molecule has 0 atom stereocenters. The van der Waals surface area contributed by atoms with Crippen molar-refractivity contribution in [3.63, 3.8) is 0 Å².